The van der Waals surface area contributed by atoms with Crippen LogP contribution in [0, 0.1) is 0 Å². The molecule has 0 amide bonds. The predicted octanol–water partition coefficient (Wildman–Crippen LogP) is 1.59. The molecule has 1 unspecified atom stereocenters. The Morgan fingerprint density at radius 2 is 2.00 bits per heavy atom. The quantitative estimate of drug-likeness (QED) is 0.579. The second-order valence-electron chi connectivity index (χ2n) is 3.27. The number of hydrogen-bond acceptors (Lipinski definition) is 4. The SMILES string of the molecule is CCCCC(=O)OC(C)C(F)(F)S(=O)(=O)O. The Morgan fingerprint density at radius 1 is 1.50 bits per heavy atom. The molecule has 0 rings (SSSR count). The molecule has 0 heterocycles. The topological polar surface area (TPSA) is 80.7 Å². The zero-order chi connectivity index (χ0) is 13.0. The van der Waals surface area contributed by atoms with E-state index in [1.165, 1.54) is 0 Å². The van der Waals surface area contributed by atoms with Crippen LogP contribution in [-0.4, -0.2) is 30.3 Å². The molecule has 0 aliphatic carbocycles. The van der Waals surface area contributed by atoms with Crippen molar-refractivity contribution in [3.8, 4) is 0 Å². The second kappa shape index (κ2) is 5.53. The highest BCUT2D eigenvalue weighted by Crippen LogP contribution is 2.27. The van der Waals surface area contributed by atoms with Gasteiger partial charge in [0.25, 0.3) is 0 Å². The molecule has 0 aromatic heterocycles. The molecule has 0 saturated carbocycles. The van der Waals surface area contributed by atoms with Gasteiger partial charge in [-0.25, -0.2) is 0 Å². The molecule has 0 saturated heterocycles. The average molecular weight is 260 g/mol. The van der Waals surface area contributed by atoms with E-state index in [1.807, 2.05) is 0 Å². The summed E-state index contributed by atoms with van der Waals surface area (Å²) < 4.78 is 58.8. The first-order valence-electron chi connectivity index (χ1n) is 4.67. The summed E-state index contributed by atoms with van der Waals surface area (Å²) in [5.41, 5.74) is 0. The van der Waals surface area contributed by atoms with E-state index in [2.05, 4.69) is 4.74 Å². The van der Waals surface area contributed by atoms with E-state index in [9.17, 15) is 22.0 Å². The van der Waals surface area contributed by atoms with Crippen LogP contribution in [-0.2, 0) is 19.6 Å². The number of ether oxygens (including phenoxy) is 1. The number of alkyl halides is 2. The number of esters is 1. The first kappa shape index (κ1) is 15.2. The van der Waals surface area contributed by atoms with Crippen molar-refractivity contribution in [2.75, 3.05) is 0 Å². The van der Waals surface area contributed by atoms with Gasteiger partial charge in [0.05, 0.1) is 0 Å². The number of carbonyl (C=O) groups is 1. The Bertz CT molecular complexity index is 338. The minimum absolute atomic E-state index is 0.0671. The van der Waals surface area contributed by atoms with E-state index < -0.39 is 27.4 Å². The van der Waals surface area contributed by atoms with Crippen LogP contribution in [0.25, 0.3) is 0 Å². The first-order valence-corrected chi connectivity index (χ1v) is 6.11. The zero-order valence-electron chi connectivity index (χ0n) is 8.94. The van der Waals surface area contributed by atoms with Crippen molar-refractivity contribution in [2.45, 2.75) is 44.5 Å². The van der Waals surface area contributed by atoms with E-state index in [4.69, 9.17) is 4.55 Å². The largest absolute Gasteiger partial charge is 0.455 e. The normalized spacial score (nSPS) is 14.6. The van der Waals surface area contributed by atoms with Gasteiger partial charge >= 0.3 is 21.3 Å². The van der Waals surface area contributed by atoms with Gasteiger partial charge in [-0.3, -0.25) is 9.35 Å². The molecule has 96 valence electrons. The fourth-order valence-corrected chi connectivity index (χ4v) is 1.32. The summed E-state index contributed by atoms with van der Waals surface area (Å²) in [7, 11) is -5.58. The number of rotatable bonds is 6. The molecule has 0 aliphatic heterocycles. The molecule has 0 radical (unpaired) electrons. The molecule has 5 nitrogen and oxygen atoms in total. The molecule has 0 aliphatic rings. The molecular formula is C8H14F2O5S. The van der Waals surface area contributed by atoms with Gasteiger partial charge in [-0.2, -0.15) is 17.2 Å². The average Bonchev–Trinajstić information content (AvgIpc) is 2.12. The van der Waals surface area contributed by atoms with Gasteiger partial charge in [-0.15, -0.1) is 0 Å². The summed E-state index contributed by atoms with van der Waals surface area (Å²) in [6.45, 7) is 2.50. The first-order chi connectivity index (χ1) is 7.13. The summed E-state index contributed by atoms with van der Waals surface area (Å²) in [5.74, 6) is -0.919. The lowest BCUT2D eigenvalue weighted by Gasteiger charge is -2.20. The highest BCUT2D eigenvalue weighted by Gasteiger charge is 2.51. The minimum atomic E-state index is -5.58. The monoisotopic (exact) mass is 260 g/mol. The number of carbonyl (C=O) groups excluding carboxylic acids is 1. The zero-order valence-corrected chi connectivity index (χ0v) is 9.76. The maximum atomic E-state index is 12.9. The van der Waals surface area contributed by atoms with Gasteiger partial charge in [-0.05, 0) is 13.3 Å². The van der Waals surface area contributed by atoms with Gasteiger partial charge in [0, 0.05) is 6.42 Å². The fraction of sp³-hybridized carbons (Fsp3) is 0.875. The van der Waals surface area contributed by atoms with Gasteiger partial charge in [0.2, 0.25) is 0 Å². The third-order valence-electron chi connectivity index (χ3n) is 1.86. The van der Waals surface area contributed by atoms with Crippen LogP contribution in [0.2, 0.25) is 0 Å². The number of unbranched alkanes of at least 4 members (excludes halogenated alkanes) is 1. The molecule has 0 bridgehead atoms. The molecular weight excluding hydrogens is 246 g/mol. The van der Waals surface area contributed by atoms with Crippen molar-refractivity contribution in [3.05, 3.63) is 0 Å². The van der Waals surface area contributed by atoms with Gasteiger partial charge in [0.1, 0.15) is 0 Å². The van der Waals surface area contributed by atoms with Crippen LogP contribution < -0.4 is 0 Å². The summed E-state index contributed by atoms with van der Waals surface area (Å²) >= 11 is 0. The predicted molar refractivity (Wildman–Crippen MR) is 51.6 cm³/mol. The molecule has 0 fully saturated rings. The molecule has 0 spiro atoms. The standard InChI is InChI=1S/C8H14F2O5S/c1-3-4-5-7(11)15-6(2)8(9,10)16(12,13)14/h6H,3-5H2,1-2H3,(H,12,13,14). The van der Waals surface area contributed by atoms with Crippen molar-refractivity contribution in [3.63, 3.8) is 0 Å². The Kier molecular flexibility index (Phi) is 5.27. The summed E-state index contributed by atoms with van der Waals surface area (Å²) in [6.07, 6.45) is -1.14. The van der Waals surface area contributed by atoms with E-state index >= 15 is 0 Å². The van der Waals surface area contributed by atoms with E-state index in [0.29, 0.717) is 19.8 Å². The lowest BCUT2D eigenvalue weighted by Crippen LogP contribution is -2.41. The van der Waals surface area contributed by atoms with Crippen LogP contribution in [0.15, 0.2) is 0 Å². The third-order valence-corrected chi connectivity index (χ3v) is 2.88. The van der Waals surface area contributed by atoms with Crippen molar-refractivity contribution in [2.24, 2.45) is 0 Å². The van der Waals surface area contributed by atoms with Crippen molar-refractivity contribution < 1.29 is 31.3 Å². The Morgan fingerprint density at radius 3 is 2.38 bits per heavy atom. The molecule has 8 heteroatoms. The van der Waals surface area contributed by atoms with Crippen molar-refractivity contribution >= 4 is 16.1 Å². The highest BCUT2D eigenvalue weighted by molar-refractivity contribution is 7.86. The maximum absolute atomic E-state index is 12.9. The lowest BCUT2D eigenvalue weighted by atomic mass is 10.2. The van der Waals surface area contributed by atoms with Gasteiger partial charge in [-0.1, -0.05) is 13.3 Å². The third kappa shape index (κ3) is 4.01. The van der Waals surface area contributed by atoms with Gasteiger partial charge in [0.15, 0.2) is 6.10 Å². The summed E-state index contributed by atoms with van der Waals surface area (Å²) in [6, 6.07) is 0. The second-order valence-corrected chi connectivity index (χ2v) is 4.77. The number of hydrogen-bond donors (Lipinski definition) is 1. The Balaban J connectivity index is 4.47. The van der Waals surface area contributed by atoms with Crippen molar-refractivity contribution in [1.29, 1.82) is 0 Å². The van der Waals surface area contributed by atoms with Crippen LogP contribution >= 0.6 is 0 Å². The molecule has 16 heavy (non-hydrogen) atoms. The summed E-state index contributed by atoms with van der Waals surface area (Å²) in [5, 5.41) is -4.49. The molecule has 1 N–H and O–H groups in total. The van der Waals surface area contributed by atoms with Crippen molar-refractivity contribution in [1.82, 2.24) is 0 Å². The van der Waals surface area contributed by atoms with Crippen LogP contribution in [0.4, 0.5) is 8.78 Å². The van der Waals surface area contributed by atoms with Crippen LogP contribution in [0.1, 0.15) is 33.1 Å². The van der Waals surface area contributed by atoms with Crippen LogP contribution in [0.3, 0.4) is 0 Å². The van der Waals surface area contributed by atoms with Crippen LogP contribution in [0.5, 0.6) is 0 Å². The fourth-order valence-electron chi connectivity index (χ4n) is 0.856. The van der Waals surface area contributed by atoms with E-state index in [1.54, 1.807) is 6.92 Å². The maximum Gasteiger partial charge on any atom is 0.405 e. The lowest BCUT2D eigenvalue weighted by molar-refractivity contribution is -0.159. The Labute approximate surface area is 92.5 Å². The molecule has 0 aromatic rings. The number of halogens is 2. The molecule has 0 aromatic carbocycles. The Hall–Kier alpha value is -0.760. The van der Waals surface area contributed by atoms with E-state index in [-0.39, 0.29) is 6.42 Å². The van der Waals surface area contributed by atoms with E-state index in [0.717, 1.165) is 0 Å². The minimum Gasteiger partial charge on any atom is -0.455 e. The molecule has 1 atom stereocenters. The van der Waals surface area contributed by atoms with Gasteiger partial charge < -0.3 is 4.74 Å². The summed E-state index contributed by atoms with van der Waals surface area (Å²) in [4.78, 5) is 11.0. The highest BCUT2D eigenvalue weighted by atomic mass is 32.2. The smallest absolute Gasteiger partial charge is 0.405 e.